The lowest BCUT2D eigenvalue weighted by molar-refractivity contribution is -0.0597. The number of ether oxygens (including phenoxy) is 1. The second kappa shape index (κ2) is 7.60. The molecule has 2 unspecified atom stereocenters. The number of carbonyl (C=O) groups is 1. The van der Waals surface area contributed by atoms with Crippen LogP contribution in [-0.4, -0.2) is 37.1 Å². The van der Waals surface area contributed by atoms with E-state index in [-0.39, 0.29) is 18.1 Å². The zero-order valence-electron chi connectivity index (χ0n) is 14.2. The minimum Gasteiger partial charge on any atom is -0.375 e. The van der Waals surface area contributed by atoms with Crippen LogP contribution in [0.2, 0.25) is 0 Å². The van der Waals surface area contributed by atoms with Crippen LogP contribution in [0.25, 0.3) is 0 Å². The SMILES string of the molecule is CNC(=O)c1ccc(CN2CC(C)OCC2c2ccccc2)cc1. The third kappa shape index (κ3) is 3.83. The van der Waals surface area contributed by atoms with Gasteiger partial charge in [-0.05, 0) is 30.2 Å². The summed E-state index contributed by atoms with van der Waals surface area (Å²) in [5.41, 5.74) is 3.18. The van der Waals surface area contributed by atoms with Gasteiger partial charge >= 0.3 is 0 Å². The Hall–Kier alpha value is -2.17. The lowest BCUT2D eigenvalue weighted by Crippen LogP contribution is -2.43. The van der Waals surface area contributed by atoms with E-state index in [2.05, 4.69) is 41.4 Å². The summed E-state index contributed by atoms with van der Waals surface area (Å²) in [6, 6.07) is 18.6. The minimum absolute atomic E-state index is 0.0521. The van der Waals surface area contributed by atoms with Gasteiger partial charge in [-0.25, -0.2) is 0 Å². The van der Waals surface area contributed by atoms with Crippen molar-refractivity contribution in [1.82, 2.24) is 10.2 Å². The lowest BCUT2D eigenvalue weighted by Gasteiger charge is -2.39. The van der Waals surface area contributed by atoms with Gasteiger partial charge in [0.2, 0.25) is 0 Å². The number of hydrogen-bond acceptors (Lipinski definition) is 3. The molecule has 0 spiro atoms. The van der Waals surface area contributed by atoms with E-state index < -0.39 is 0 Å². The number of benzene rings is 2. The van der Waals surface area contributed by atoms with Crippen LogP contribution in [0.3, 0.4) is 0 Å². The molecule has 4 nitrogen and oxygen atoms in total. The van der Waals surface area contributed by atoms with Gasteiger partial charge < -0.3 is 10.1 Å². The summed E-state index contributed by atoms with van der Waals surface area (Å²) in [6.45, 7) is 4.57. The van der Waals surface area contributed by atoms with Crippen LogP contribution in [0.4, 0.5) is 0 Å². The van der Waals surface area contributed by atoms with Gasteiger partial charge in [0.25, 0.3) is 5.91 Å². The molecule has 0 bridgehead atoms. The van der Waals surface area contributed by atoms with Gasteiger partial charge in [-0.1, -0.05) is 42.5 Å². The zero-order chi connectivity index (χ0) is 16.9. The summed E-state index contributed by atoms with van der Waals surface area (Å²) in [5.74, 6) is -0.0521. The number of nitrogens with one attached hydrogen (secondary N) is 1. The van der Waals surface area contributed by atoms with Crippen LogP contribution < -0.4 is 5.32 Å². The molecule has 2 aromatic carbocycles. The molecular weight excluding hydrogens is 300 g/mol. The molecule has 2 atom stereocenters. The number of hydrogen-bond donors (Lipinski definition) is 1. The van der Waals surface area contributed by atoms with E-state index in [0.717, 1.165) is 13.1 Å². The van der Waals surface area contributed by atoms with Crippen molar-refractivity contribution >= 4 is 5.91 Å². The van der Waals surface area contributed by atoms with E-state index in [1.54, 1.807) is 7.05 Å². The molecule has 0 aliphatic carbocycles. The van der Waals surface area contributed by atoms with Crippen molar-refractivity contribution in [3.8, 4) is 0 Å². The van der Waals surface area contributed by atoms with Gasteiger partial charge in [0.15, 0.2) is 0 Å². The topological polar surface area (TPSA) is 41.6 Å². The van der Waals surface area contributed by atoms with Crippen LogP contribution >= 0.6 is 0 Å². The first-order valence-electron chi connectivity index (χ1n) is 8.39. The Balaban J connectivity index is 1.76. The summed E-state index contributed by atoms with van der Waals surface area (Å²) in [6.07, 6.45) is 0.232. The second-order valence-electron chi connectivity index (χ2n) is 6.28. The maximum atomic E-state index is 11.7. The van der Waals surface area contributed by atoms with Crippen LogP contribution in [0.5, 0.6) is 0 Å². The first kappa shape index (κ1) is 16.7. The fraction of sp³-hybridized carbons (Fsp3) is 0.350. The highest BCUT2D eigenvalue weighted by atomic mass is 16.5. The fourth-order valence-electron chi connectivity index (χ4n) is 3.17. The summed E-state index contributed by atoms with van der Waals surface area (Å²) in [5, 5.41) is 2.65. The monoisotopic (exact) mass is 324 g/mol. The molecular formula is C20H24N2O2. The van der Waals surface area contributed by atoms with Crippen LogP contribution in [-0.2, 0) is 11.3 Å². The highest BCUT2D eigenvalue weighted by Gasteiger charge is 2.27. The highest BCUT2D eigenvalue weighted by Crippen LogP contribution is 2.27. The Morgan fingerprint density at radius 3 is 2.54 bits per heavy atom. The van der Waals surface area contributed by atoms with Crippen LogP contribution in [0, 0.1) is 0 Å². The molecule has 0 radical (unpaired) electrons. The van der Waals surface area contributed by atoms with E-state index in [0.29, 0.717) is 12.2 Å². The predicted molar refractivity (Wildman–Crippen MR) is 94.8 cm³/mol. The lowest BCUT2D eigenvalue weighted by atomic mass is 10.0. The Kier molecular flexibility index (Phi) is 5.28. The maximum Gasteiger partial charge on any atom is 0.251 e. The first-order valence-corrected chi connectivity index (χ1v) is 8.39. The summed E-state index contributed by atoms with van der Waals surface area (Å²) in [4.78, 5) is 14.1. The minimum atomic E-state index is -0.0521. The third-order valence-corrected chi connectivity index (χ3v) is 4.48. The Labute approximate surface area is 143 Å². The van der Waals surface area contributed by atoms with Gasteiger partial charge in [0, 0.05) is 25.7 Å². The second-order valence-corrected chi connectivity index (χ2v) is 6.28. The standard InChI is InChI=1S/C20H24N2O2/c1-15-12-22(19(14-24-15)17-6-4-3-5-7-17)13-16-8-10-18(11-9-16)20(23)21-2/h3-11,15,19H,12-14H2,1-2H3,(H,21,23). The quantitative estimate of drug-likeness (QED) is 0.940. The predicted octanol–water partition coefficient (Wildman–Crippen LogP) is 3.01. The van der Waals surface area contributed by atoms with Crippen molar-refractivity contribution in [1.29, 1.82) is 0 Å². The average Bonchev–Trinajstić information content (AvgIpc) is 2.62. The molecule has 24 heavy (non-hydrogen) atoms. The van der Waals surface area contributed by atoms with Gasteiger partial charge in [-0.3, -0.25) is 9.69 Å². The van der Waals surface area contributed by atoms with Gasteiger partial charge in [-0.2, -0.15) is 0 Å². The average molecular weight is 324 g/mol. The van der Waals surface area contributed by atoms with Gasteiger partial charge in [0.1, 0.15) is 0 Å². The van der Waals surface area contributed by atoms with E-state index in [9.17, 15) is 4.79 Å². The summed E-state index contributed by atoms with van der Waals surface area (Å²) >= 11 is 0. The van der Waals surface area contributed by atoms with Crippen molar-refractivity contribution in [2.75, 3.05) is 20.2 Å². The third-order valence-electron chi connectivity index (χ3n) is 4.48. The molecule has 2 aromatic rings. The van der Waals surface area contributed by atoms with Gasteiger partial charge in [0.05, 0.1) is 18.8 Å². The number of rotatable bonds is 4. The van der Waals surface area contributed by atoms with Gasteiger partial charge in [-0.15, -0.1) is 0 Å². The number of carbonyl (C=O) groups excluding carboxylic acids is 1. The number of nitrogens with zero attached hydrogens (tertiary/aromatic N) is 1. The highest BCUT2D eigenvalue weighted by molar-refractivity contribution is 5.93. The molecule has 3 rings (SSSR count). The van der Waals surface area contributed by atoms with E-state index in [1.165, 1.54) is 11.1 Å². The first-order chi connectivity index (χ1) is 11.7. The largest absolute Gasteiger partial charge is 0.375 e. The summed E-state index contributed by atoms with van der Waals surface area (Å²) in [7, 11) is 1.65. The molecule has 1 fully saturated rings. The molecule has 126 valence electrons. The van der Waals surface area contributed by atoms with E-state index in [1.807, 2.05) is 30.3 Å². The van der Waals surface area contributed by atoms with Crippen molar-refractivity contribution in [2.24, 2.45) is 0 Å². The number of morpholine rings is 1. The molecule has 1 heterocycles. The van der Waals surface area contributed by atoms with Crippen LogP contribution in [0.15, 0.2) is 54.6 Å². The maximum absolute atomic E-state index is 11.7. The smallest absolute Gasteiger partial charge is 0.251 e. The van der Waals surface area contributed by atoms with Crippen molar-refractivity contribution in [2.45, 2.75) is 25.6 Å². The Morgan fingerprint density at radius 1 is 1.17 bits per heavy atom. The Morgan fingerprint density at radius 2 is 1.88 bits per heavy atom. The molecule has 0 saturated carbocycles. The van der Waals surface area contributed by atoms with Crippen LogP contribution in [0.1, 0.15) is 34.5 Å². The van der Waals surface area contributed by atoms with Crippen molar-refractivity contribution in [3.63, 3.8) is 0 Å². The molecule has 4 heteroatoms. The van der Waals surface area contributed by atoms with Crippen molar-refractivity contribution < 1.29 is 9.53 Å². The van der Waals surface area contributed by atoms with E-state index >= 15 is 0 Å². The fourth-order valence-corrected chi connectivity index (χ4v) is 3.17. The summed E-state index contributed by atoms with van der Waals surface area (Å²) < 4.78 is 5.88. The molecule has 1 aliphatic heterocycles. The molecule has 0 aromatic heterocycles. The van der Waals surface area contributed by atoms with E-state index in [4.69, 9.17) is 4.74 Å². The number of amides is 1. The zero-order valence-corrected chi connectivity index (χ0v) is 14.2. The molecule has 1 amide bonds. The Bertz CT molecular complexity index is 670. The molecule has 1 N–H and O–H groups in total. The molecule has 1 saturated heterocycles. The normalized spacial score (nSPS) is 21.4. The van der Waals surface area contributed by atoms with Crippen molar-refractivity contribution in [3.05, 3.63) is 71.3 Å². The molecule has 1 aliphatic rings.